The van der Waals surface area contributed by atoms with Crippen LogP contribution in [-0.4, -0.2) is 15.1 Å². The van der Waals surface area contributed by atoms with Crippen LogP contribution in [0.3, 0.4) is 0 Å². The van der Waals surface area contributed by atoms with Crippen molar-refractivity contribution in [1.29, 1.82) is 0 Å². The van der Waals surface area contributed by atoms with E-state index in [0.717, 1.165) is 27.4 Å². The quantitative estimate of drug-likeness (QED) is 0.835. The number of nitrogens with two attached hydrogens (primary N) is 1. The second kappa shape index (κ2) is 5.21. The van der Waals surface area contributed by atoms with Crippen LogP contribution in [0.15, 0.2) is 16.6 Å². The predicted octanol–water partition coefficient (Wildman–Crippen LogP) is 2.99. The highest BCUT2D eigenvalue weighted by molar-refractivity contribution is 7.99. The van der Waals surface area contributed by atoms with Gasteiger partial charge in [0.2, 0.25) is 0 Å². The zero-order valence-electron chi connectivity index (χ0n) is 9.64. The van der Waals surface area contributed by atoms with Crippen LogP contribution in [-0.2, 0) is 6.54 Å². The van der Waals surface area contributed by atoms with Gasteiger partial charge in [-0.3, -0.25) is 4.40 Å². The maximum Gasteiger partial charge on any atom is 0.194 e. The largest absolute Gasteiger partial charge is 0.325 e. The number of nitrogens with zero attached hydrogens (tertiary/aromatic N) is 2. The van der Waals surface area contributed by atoms with Crippen LogP contribution in [0.25, 0.3) is 4.96 Å². The summed E-state index contributed by atoms with van der Waals surface area (Å²) in [6, 6.07) is 0. The number of hydrogen-bond acceptors (Lipinski definition) is 4. The van der Waals surface area contributed by atoms with Gasteiger partial charge >= 0.3 is 0 Å². The molecule has 0 amide bonds. The standard InChI is InChI=1S/C11H17N3S2/c1-3-8(2)7-16-10-9(6-12)14-4-5-15-11(14)13-10/h4-5,8H,3,6-7,12H2,1-2H3. The molecule has 0 aliphatic heterocycles. The van der Waals surface area contributed by atoms with Gasteiger partial charge in [-0.25, -0.2) is 4.98 Å². The molecule has 0 saturated heterocycles. The highest BCUT2D eigenvalue weighted by atomic mass is 32.2. The fourth-order valence-corrected chi connectivity index (χ4v) is 3.42. The zero-order valence-corrected chi connectivity index (χ0v) is 11.3. The second-order valence-corrected chi connectivity index (χ2v) is 5.83. The molecule has 2 rings (SSSR count). The third kappa shape index (κ3) is 2.26. The number of rotatable bonds is 5. The first-order valence-corrected chi connectivity index (χ1v) is 7.40. The van der Waals surface area contributed by atoms with Crippen molar-refractivity contribution in [2.24, 2.45) is 11.7 Å². The summed E-state index contributed by atoms with van der Waals surface area (Å²) in [5.41, 5.74) is 6.93. The number of thiazole rings is 1. The van der Waals surface area contributed by atoms with Crippen molar-refractivity contribution >= 4 is 28.1 Å². The van der Waals surface area contributed by atoms with Crippen molar-refractivity contribution in [3.63, 3.8) is 0 Å². The van der Waals surface area contributed by atoms with E-state index >= 15 is 0 Å². The monoisotopic (exact) mass is 255 g/mol. The Morgan fingerprint density at radius 2 is 2.44 bits per heavy atom. The minimum Gasteiger partial charge on any atom is -0.325 e. The lowest BCUT2D eigenvalue weighted by molar-refractivity contribution is 0.636. The van der Waals surface area contributed by atoms with Crippen molar-refractivity contribution in [1.82, 2.24) is 9.38 Å². The topological polar surface area (TPSA) is 43.3 Å². The van der Waals surface area contributed by atoms with E-state index in [4.69, 9.17) is 5.73 Å². The average Bonchev–Trinajstić information content (AvgIpc) is 2.84. The van der Waals surface area contributed by atoms with Crippen LogP contribution in [0.2, 0.25) is 0 Å². The van der Waals surface area contributed by atoms with E-state index in [1.807, 2.05) is 23.3 Å². The van der Waals surface area contributed by atoms with Gasteiger partial charge in [-0.05, 0) is 5.92 Å². The van der Waals surface area contributed by atoms with Gasteiger partial charge in [-0.15, -0.1) is 23.1 Å². The summed E-state index contributed by atoms with van der Waals surface area (Å²) in [4.78, 5) is 5.66. The SMILES string of the molecule is CCC(C)CSc1nc2sccn2c1CN. The molecule has 0 fully saturated rings. The molecule has 5 heteroatoms. The lowest BCUT2D eigenvalue weighted by Crippen LogP contribution is -2.02. The second-order valence-electron chi connectivity index (χ2n) is 3.95. The molecule has 0 aromatic carbocycles. The summed E-state index contributed by atoms with van der Waals surface area (Å²) in [6.07, 6.45) is 3.26. The average molecular weight is 255 g/mol. The molecule has 2 heterocycles. The van der Waals surface area contributed by atoms with Gasteiger partial charge in [0.05, 0.1) is 5.69 Å². The van der Waals surface area contributed by atoms with Gasteiger partial charge in [-0.1, -0.05) is 20.3 Å². The van der Waals surface area contributed by atoms with Gasteiger partial charge in [0, 0.05) is 23.9 Å². The molecule has 0 bridgehead atoms. The Hall–Kier alpha value is -0.520. The van der Waals surface area contributed by atoms with Gasteiger partial charge in [0.25, 0.3) is 0 Å². The van der Waals surface area contributed by atoms with E-state index in [2.05, 4.69) is 23.2 Å². The molecule has 0 saturated carbocycles. The molecular weight excluding hydrogens is 238 g/mol. The molecular formula is C11H17N3S2. The van der Waals surface area contributed by atoms with Gasteiger partial charge < -0.3 is 5.73 Å². The van der Waals surface area contributed by atoms with Gasteiger partial charge in [0.15, 0.2) is 4.96 Å². The van der Waals surface area contributed by atoms with Crippen molar-refractivity contribution < 1.29 is 0 Å². The minimum atomic E-state index is 0.556. The van der Waals surface area contributed by atoms with Crippen LogP contribution in [0.5, 0.6) is 0 Å². The third-order valence-corrected chi connectivity index (χ3v) is 4.81. The highest BCUT2D eigenvalue weighted by Crippen LogP contribution is 2.27. The fraction of sp³-hybridized carbons (Fsp3) is 0.545. The highest BCUT2D eigenvalue weighted by Gasteiger charge is 2.12. The number of thioether (sulfide) groups is 1. The van der Waals surface area contributed by atoms with Gasteiger partial charge in [0.1, 0.15) is 5.03 Å². The lowest BCUT2D eigenvalue weighted by atomic mass is 10.2. The normalized spacial score (nSPS) is 13.4. The molecule has 3 nitrogen and oxygen atoms in total. The molecule has 0 aliphatic carbocycles. The van der Waals surface area contributed by atoms with Crippen LogP contribution in [0.4, 0.5) is 0 Å². The van der Waals surface area contributed by atoms with Crippen molar-refractivity contribution in [3.8, 4) is 0 Å². The first-order valence-electron chi connectivity index (χ1n) is 5.53. The van der Waals surface area contributed by atoms with E-state index < -0.39 is 0 Å². The maximum atomic E-state index is 5.79. The molecule has 2 aromatic heterocycles. The van der Waals surface area contributed by atoms with Crippen LogP contribution in [0, 0.1) is 5.92 Å². The Labute approximate surface area is 104 Å². The first kappa shape index (κ1) is 12.0. The smallest absolute Gasteiger partial charge is 0.194 e. The number of imidazole rings is 1. The lowest BCUT2D eigenvalue weighted by Gasteiger charge is -2.06. The van der Waals surface area contributed by atoms with E-state index in [9.17, 15) is 0 Å². The number of hydrogen-bond donors (Lipinski definition) is 1. The molecule has 1 unspecified atom stereocenters. The Morgan fingerprint density at radius 3 is 3.12 bits per heavy atom. The maximum absolute atomic E-state index is 5.79. The van der Waals surface area contributed by atoms with Gasteiger partial charge in [-0.2, -0.15) is 0 Å². The van der Waals surface area contributed by atoms with Crippen molar-refractivity contribution in [3.05, 3.63) is 17.3 Å². The van der Waals surface area contributed by atoms with Crippen molar-refractivity contribution in [2.75, 3.05) is 5.75 Å². The summed E-state index contributed by atoms with van der Waals surface area (Å²) in [6.45, 7) is 5.05. The van der Waals surface area contributed by atoms with E-state index in [1.165, 1.54) is 6.42 Å². The van der Waals surface area contributed by atoms with Crippen LogP contribution < -0.4 is 5.73 Å². The zero-order chi connectivity index (χ0) is 11.5. The minimum absolute atomic E-state index is 0.556. The van der Waals surface area contributed by atoms with E-state index in [-0.39, 0.29) is 0 Å². The molecule has 0 spiro atoms. The summed E-state index contributed by atoms with van der Waals surface area (Å²) in [7, 11) is 0. The van der Waals surface area contributed by atoms with Crippen LogP contribution >= 0.6 is 23.1 Å². The molecule has 0 aliphatic rings. The third-order valence-electron chi connectivity index (χ3n) is 2.72. The Balaban J connectivity index is 2.19. The fourth-order valence-electron chi connectivity index (χ4n) is 1.45. The number of fused-ring (bicyclic) bond motifs is 1. The summed E-state index contributed by atoms with van der Waals surface area (Å²) < 4.78 is 2.10. The molecule has 2 aromatic rings. The Kier molecular flexibility index (Phi) is 3.89. The van der Waals surface area contributed by atoms with Crippen molar-refractivity contribution in [2.45, 2.75) is 31.8 Å². The summed E-state index contributed by atoms with van der Waals surface area (Å²) in [5, 5.41) is 3.15. The molecule has 2 N–H and O–H groups in total. The van der Waals surface area contributed by atoms with E-state index in [1.54, 1.807) is 11.3 Å². The number of aromatic nitrogens is 2. The molecule has 1 atom stereocenters. The Morgan fingerprint density at radius 1 is 1.62 bits per heavy atom. The summed E-state index contributed by atoms with van der Waals surface area (Å²) >= 11 is 3.49. The first-order chi connectivity index (χ1) is 7.76. The molecule has 16 heavy (non-hydrogen) atoms. The van der Waals surface area contributed by atoms with Crippen LogP contribution in [0.1, 0.15) is 26.0 Å². The summed E-state index contributed by atoms with van der Waals surface area (Å²) in [5.74, 6) is 1.85. The van der Waals surface area contributed by atoms with E-state index in [0.29, 0.717) is 6.54 Å². The predicted molar refractivity (Wildman–Crippen MR) is 71.1 cm³/mol. The molecule has 0 radical (unpaired) electrons. The molecule has 88 valence electrons. The Bertz CT molecular complexity index is 461.